The van der Waals surface area contributed by atoms with Gasteiger partial charge in [0.05, 0.1) is 19.8 Å². The molecule has 1 aromatic carbocycles. The van der Waals surface area contributed by atoms with Gasteiger partial charge in [0, 0.05) is 47.9 Å². The fraction of sp³-hybridized carbons (Fsp3) is 0.600. The summed E-state index contributed by atoms with van der Waals surface area (Å²) in [4.78, 5) is 4.94. The molecule has 4 nitrogen and oxygen atoms in total. The normalized spacial score (nSPS) is 24.3. The van der Waals surface area contributed by atoms with Gasteiger partial charge in [0.15, 0.2) is 0 Å². The predicted molar refractivity (Wildman–Crippen MR) is 83.1 cm³/mol. The average Bonchev–Trinajstić information content (AvgIpc) is 2.97. The molecule has 1 aromatic rings. The Balaban J connectivity index is 1.70. The summed E-state index contributed by atoms with van der Waals surface area (Å²) < 4.78 is 6.45. The van der Waals surface area contributed by atoms with Gasteiger partial charge >= 0.3 is 0 Å². The molecule has 0 bridgehead atoms. The number of nitrogens with zero attached hydrogens (tertiary/aromatic N) is 2. The molecule has 0 radical (unpaired) electrons. The predicted octanol–water partition coefficient (Wildman–Crippen LogP) is 1.85. The Morgan fingerprint density at radius 1 is 1.25 bits per heavy atom. The second kappa shape index (κ2) is 6.43. The number of ether oxygens (including phenoxy) is 1. The Morgan fingerprint density at radius 2 is 2.05 bits per heavy atom. The Bertz CT molecular complexity index is 463. The largest absolute Gasteiger partial charge is 0.392 e. The smallest absolute Gasteiger partial charge is 0.0702 e. The molecule has 2 aliphatic rings. The lowest BCUT2D eigenvalue weighted by Gasteiger charge is -2.32. The molecule has 20 heavy (non-hydrogen) atoms. The van der Waals surface area contributed by atoms with Crippen molar-refractivity contribution in [2.45, 2.75) is 19.1 Å². The molecule has 1 N–H and O–H groups in total. The Hall–Kier alpha value is -0.620. The summed E-state index contributed by atoms with van der Waals surface area (Å²) in [6.45, 7) is 6.02. The molecule has 3 rings (SSSR count). The molecule has 2 fully saturated rings. The number of aliphatic hydroxyl groups excluding tert-OH is 1. The van der Waals surface area contributed by atoms with Crippen molar-refractivity contribution >= 4 is 21.6 Å². The van der Waals surface area contributed by atoms with Crippen LogP contribution < -0.4 is 4.90 Å². The van der Waals surface area contributed by atoms with E-state index in [9.17, 15) is 5.11 Å². The summed E-state index contributed by atoms with van der Waals surface area (Å²) in [6.07, 6.45) is 1.20. The SMILES string of the molecule is OCc1cc(Br)ccc1N1CCC(N2CCOCC2)C1. The summed E-state index contributed by atoms with van der Waals surface area (Å²) in [5.41, 5.74) is 2.17. The molecule has 110 valence electrons. The topological polar surface area (TPSA) is 35.9 Å². The lowest BCUT2D eigenvalue weighted by Crippen LogP contribution is -2.44. The summed E-state index contributed by atoms with van der Waals surface area (Å²) in [6, 6.07) is 6.79. The van der Waals surface area contributed by atoms with Crippen molar-refractivity contribution in [1.29, 1.82) is 0 Å². The van der Waals surface area contributed by atoms with Gasteiger partial charge in [-0.3, -0.25) is 4.90 Å². The van der Waals surface area contributed by atoms with E-state index in [4.69, 9.17) is 4.74 Å². The van der Waals surface area contributed by atoms with Gasteiger partial charge in [-0.15, -0.1) is 0 Å². The fourth-order valence-electron chi connectivity index (χ4n) is 3.19. The molecule has 0 amide bonds. The number of aliphatic hydroxyl groups is 1. The number of halogens is 1. The molecular weight excluding hydrogens is 320 g/mol. The number of morpholine rings is 1. The molecular formula is C15H21BrN2O2. The van der Waals surface area contributed by atoms with Gasteiger partial charge in [0.25, 0.3) is 0 Å². The van der Waals surface area contributed by atoms with Crippen LogP contribution in [0.4, 0.5) is 5.69 Å². The van der Waals surface area contributed by atoms with Crippen LogP contribution in [0.25, 0.3) is 0 Å². The van der Waals surface area contributed by atoms with Crippen LogP contribution in [0.5, 0.6) is 0 Å². The molecule has 1 unspecified atom stereocenters. The summed E-state index contributed by atoms with van der Waals surface area (Å²) in [5.74, 6) is 0. The lowest BCUT2D eigenvalue weighted by atomic mass is 10.1. The molecule has 0 aliphatic carbocycles. The summed E-state index contributed by atoms with van der Waals surface area (Å²) in [5, 5.41) is 9.54. The average molecular weight is 341 g/mol. The minimum Gasteiger partial charge on any atom is -0.392 e. The lowest BCUT2D eigenvalue weighted by molar-refractivity contribution is 0.0209. The van der Waals surface area contributed by atoms with E-state index in [0.717, 1.165) is 49.4 Å². The fourth-order valence-corrected chi connectivity index (χ4v) is 3.60. The number of rotatable bonds is 3. The van der Waals surface area contributed by atoms with E-state index in [1.165, 1.54) is 12.1 Å². The molecule has 2 aliphatic heterocycles. The van der Waals surface area contributed by atoms with Crippen LogP contribution in [0.3, 0.4) is 0 Å². The van der Waals surface area contributed by atoms with Crippen molar-refractivity contribution in [2.24, 2.45) is 0 Å². The highest BCUT2D eigenvalue weighted by Gasteiger charge is 2.29. The van der Waals surface area contributed by atoms with Gasteiger partial charge in [-0.1, -0.05) is 15.9 Å². The molecule has 5 heteroatoms. The van der Waals surface area contributed by atoms with Crippen molar-refractivity contribution in [3.8, 4) is 0 Å². The van der Waals surface area contributed by atoms with Gasteiger partial charge in [-0.05, 0) is 24.6 Å². The second-order valence-corrected chi connectivity index (χ2v) is 6.38. The van der Waals surface area contributed by atoms with Crippen LogP contribution in [0.15, 0.2) is 22.7 Å². The van der Waals surface area contributed by atoms with E-state index in [0.29, 0.717) is 6.04 Å². The van der Waals surface area contributed by atoms with E-state index in [1.54, 1.807) is 0 Å². The Labute approximate surface area is 128 Å². The molecule has 2 heterocycles. The van der Waals surface area contributed by atoms with Crippen LogP contribution in [0, 0.1) is 0 Å². The monoisotopic (exact) mass is 340 g/mol. The minimum atomic E-state index is 0.0908. The zero-order valence-corrected chi connectivity index (χ0v) is 13.2. The number of hydrogen-bond donors (Lipinski definition) is 1. The number of benzene rings is 1. The highest BCUT2D eigenvalue weighted by molar-refractivity contribution is 9.10. The first-order valence-corrected chi connectivity index (χ1v) is 8.03. The highest BCUT2D eigenvalue weighted by atomic mass is 79.9. The number of hydrogen-bond acceptors (Lipinski definition) is 4. The molecule has 2 saturated heterocycles. The first-order chi connectivity index (χ1) is 9.78. The minimum absolute atomic E-state index is 0.0908. The molecule has 0 saturated carbocycles. The molecule has 0 aromatic heterocycles. The maximum atomic E-state index is 9.54. The highest BCUT2D eigenvalue weighted by Crippen LogP contribution is 2.29. The summed E-state index contributed by atoms with van der Waals surface area (Å²) >= 11 is 3.47. The van der Waals surface area contributed by atoms with Gasteiger partial charge in [0.1, 0.15) is 0 Å². The van der Waals surface area contributed by atoms with E-state index in [1.807, 2.05) is 6.07 Å². The maximum absolute atomic E-state index is 9.54. The van der Waals surface area contributed by atoms with Crippen molar-refractivity contribution in [2.75, 3.05) is 44.3 Å². The third kappa shape index (κ3) is 3.01. The third-order valence-electron chi connectivity index (χ3n) is 4.28. The number of anilines is 1. The van der Waals surface area contributed by atoms with Crippen LogP contribution in [-0.2, 0) is 11.3 Å². The third-order valence-corrected chi connectivity index (χ3v) is 4.77. The molecule has 1 atom stereocenters. The van der Waals surface area contributed by atoms with Crippen LogP contribution >= 0.6 is 15.9 Å². The van der Waals surface area contributed by atoms with Gasteiger partial charge in [0.2, 0.25) is 0 Å². The Kier molecular flexibility index (Phi) is 4.61. The van der Waals surface area contributed by atoms with Gasteiger partial charge in [-0.25, -0.2) is 0 Å². The zero-order valence-electron chi connectivity index (χ0n) is 11.6. The van der Waals surface area contributed by atoms with Crippen LogP contribution in [-0.4, -0.2) is 55.4 Å². The van der Waals surface area contributed by atoms with Crippen LogP contribution in [0.2, 0.25) is 0 Å². The van der Waals surface area contributed by atoms with E-state index in [-0.39, 0.29) is 6.61 Å². The zero-order chi connectivity index (χ0) is 13.9. The van der Waals surface area contributed by atoms with E-state index >= 15 is 0 Å². The standard InChI is InChI=1S/C15H21BrN2O2/c16-13-1-2-15(12(9-13)11-19)18-4-3-14(10-18)17-5-7-20-8-6-17/h1-2,9,14,19H,3-8,10-11H2. The molecule has 0 spiro atoms. The van der Waals surface area contributed by atoms with Crippen molar-refractivity contribution < 1.29 is 9.84 Å². The van der Waals surface area contributed by atoms with Gasteiger partial charge < -0.3 is 14.7 Å². The first-order valence-electron chi connectivity index (χ1n) is 7.24. The van der Waals surface area contributed by atoms with Crippen LogP contribution in [0.1, 0.15) is 12.0 Å². The van der Waals surface area contributed by atoms with Crippen molar-refractivity contribution in [3.05, 3.63) is 28.2 Å². The van der Waals surface area contributed by atoms with Gasteiger partial charge in [-0.2, -0.15) is 0 Å². The first kappa shape index (κ1) is 14.3. The van der Waals surface area contributed by atoms with Crippen molar-refractivity contribution in [1.82, 2.24) is 4.90 Å². The Morgan fingerprint density at radius 3 is 2.80 bits per heavy atom. The summed E-state index contributed by atoms with van der Waals surface area (Å²) in [7, 11) is 0. The van der Waals surface area contributed by atoms with E-state index < -0.39 is 0 Å². The maximum Gasteiger partial charge on any atom is 0.0702 e. The van der Waals surface area contributed by atoms with Crippen molar-refractivity contribution in [3.63, 3.8) is 0 Å². The quantitative estimate of drug-likeness (QED) is 0.910. The second-order valence-electron chi connectivity index (χ2n) is 5.47. The van der Waals surface area contributed by atoms with E-state index in [2.05, 4.69) is 37.9 Å².